The van der Waals surface area contributed by atoms with Gasteiger partial charge in [-0.2, -0.15) is 5.26 Å². The second kappa shape index (κ2) is 9.11. The van der Waals surface area contributed by atoms with Gasteiger partial charge in [-0.3, -0.25) is 9.59 Å². The summed E-state index contributed by atoms with van der Waals surface area (Å²) in [5.41, 5.74) is 2.34. The lowest BCUT2D eigenvalue weighted by molar-refractivity contribution is -0.126. The van der Waals surface area contributed by atoms with Gasteiger partial charge in [0.15, 0.2) is 0 Å². The Morgan fingerprint density at radius 2 is 2.03 bits per heavy atom. The standard InChI is InChI=1S/C23H22N6O3S/c24-10-14-3-5-15(6-4-14)18-13-33-19(26-18)11-25-20(30)17-2-1-9-29(12-17)23(31)22-28-27-21(32-22)16-7-8-16/h3-6,13,16-17H,1-2,7-9,11-12H2,(H,25,30)/t17-/m0/s1. The minimum atomic E-state index is -0.307. The molecular weight excluding hydrogens is 440 g/mol. The summed E-state index contributed by atoms with van der Waals surface area (Å²) >= 11 is 1.47. The molecule has 1 aromatic carbocycles. The fourth-order valence-electron chi connectivity index (χ4n) is 3.87. The Labute approximate surface area is 194 Å². The van der Waals surface area contributed by atoms with Crippen molar-refractivity contribution in [1.29, 1.82) is 5.26 Å². The summed E-state index contributed by atoms with van der Waals surface area (Å²) in [6.07, 6.45) is 3.51. The zero-order valence-corrected chi connectivity index (χ0v) is 18.7. The van der Waals surface area contributed by atoms with Gasteiger partial charge in [0.1, 0.15) is 5.01 Å². The number of aromatic nitrogens is 3. The van der Waals surface area contributed by atoms with Gasteiger partial charge in [0.05, 0.1) is 29.8 Å². The van der Waals surface area contributed by atoms with Crippen molar-refractivity contribution in [2.75, 3.05) is 13.1 Å². The molecule has 9 nitrogen and oxygen atoms in total. The van der Waals surface area contributed by atoms with Crippen LogP contribution in [-0.2, 0) is 11.3 Å². The van der Waals surface area contributed by atoms with E-state index in [0.29, 0.717) is 37.0 Å². The van der Waals surface area contributed by atoms with Crippen molar-refractivity contribution in [3.63, 3.8) is 0 Å². The first-order valence-corrected chi connectivity index (χ1v) is 11.8. The van der Waals surface area contributed by atoms with Crippen LogP contribution in [0.15, 0.2) is 34.1 Å². The Kier molecular flexibility index (Phi) is 5.88. The van der Waals surface area contributed by atoms with E-state index in [0.717, 1.165) is 41.9 Å². The van der Waals surface area contributed by atoms with Gasteiger partial charge in [-0.15, -0.1) is 21.5 Å². The molecule has 1 atom stereocenters. The van der Waals surface area contributed by atoms with Crippen LogP contribution in [0.2, 0.25) is 0 Å². The zero-order chi connectivity index (χ0) is 22.8. The number of amides is 2. The van der Waals surface area contributed by atoms with Crippen LogP contribution in [0.25, 0.3) is 11.3 Å². The minimum Gasteiger partial charge on any atom is -0.417 e. The summed E-state index contributed by atoms with van der Waals surface area (Å²) in [6.45, 7) is 1.24. The van der Waals surface area contributed by atoms with Crippen molar-refractivity contribution in [2.24, 2.45) is 5.92 Å². The fourth-order valence-corrected chi connectivity index (χ4v) is 4.62. The van der Waals surface area contributed by atoms with E-state index >= 15 is 0 Å². The van der Waals surface area contributed by atoms with Crippen LogP contribution in [0, 0.1) is 17.2 Å². The second-order valence-corrected chi connectivity index (χ2v) is 9.29. The molecule has 3 heterocycles. The molecule has 2 fully saturated rings. The van der Waals surface area contributed by atoms with Crippen molar-refractivity contribution in [3.8, 4) is 17.3 Å². The third kappa shape index (κ3) is 4.78. The monoisotopic (exact) mass is 462 g/mol. The minimum absolute atomic E-state index is 0.0103. The highest BCUT2D eigenvalue weighted by Gasteiger charge is 2.34. The number of piperidine rings is 1. The maximum Gasteiger partial charge on any atom is 0.311 e. The average Bonchev–Trinajstić information content (AvgIpc) is 3.40. The Hall–Kier alpha value is -3.58. The molecule has 3 aromatic rings. The molecule has 5 rings (SSSR count). The van der Waals surface area contributed by atoms with Gasteiger partial charge < -0.3 is 14.6 Å². The van der Waals surface area contributed by atoms with E-state index in [-0.39, 0.29) is 23.6 Å². The van der Waals surface area contributed by atoms with E-state index in [1.165, 1.54) is 11.3 Å². The average molecular weight is 463 g/mol. The number of hydrogen-bond donors (Lipinski definition) is 1. The van der Waals surface area contributed by atoms with Gasteiger partial charge in [-0.1, -0.05) is 12.1 Å². The Morgan fingerprint density at radius 3 is 2.79 bits per heavy atom. The molecule has 2 amide bonds. The summed E-state index contributed by atoms with van der Waals surface area (Å²) in [5.74, 6) is 0.156. The number of carbonyl (C=O) groups excluding carboxylic acids is 2. The van der Waals surface area contributed by atoms with Gasteiger partial charge in [-0.05, 0) is 37.8 Å². The first-order chi connectivity index (χ1) is 16.1. The van der Waals surface area contributed by atoms with Gasteiger partial charge in [-0.25, -0.2) is 4.98 Å². The molecule has 1 saturated heterocycles. The first-order valence-electron chi connectivity index (χ1n) is 11.0. The van der Waals surface area contributed by atoms with E-state index in [2.05, 4.69) is 26.6 Å². The van der Waals surface area contributed by atoms with Gasteiger partial charge >= 0.3 is 11.8 Å². The molecule has 168 valence electrons. The van der Waals surface area contributed by atoms with Crippen molar-refractivity contribution >= 4 is 23.2 Å². The summed E-state index contributed by atoms with van der Waals surface area (Å²) in [6, 6.07) is 9.34. The van der Waals surface area contributed by atoms with Crippen LogP contribution in [0.3, 0.4) is 0 Å². The second-order valence-electron chi connectivity index (χ2n) is 8.34. The quantitative estimate of drug-likeness (QED) is 0.597. The number of thiazole rings is 1. The number of likely N-dealkylation sites (tertiary alicyclic amines) is 1. The van der Waals surface area contributed by atoms with Crippen molar-refractivity contribution in [2.45, 2.75) is 38.1 Å². The molecule has 0 radical (unpaired) electrons. The number of carbonyl (C=O) groups is 2. The Morgan fingerprint density at radius 1 is 1.21 bits per heavy atom. The van der Waals surface area contributed by atoms with Gasteiger partial charge in [0, 0.05) is 30.0 Å². The molecule has 1 N–H and O–H groups in total. The predicted molar refractivity (Wildman–Crippen MR) is 119 cm³/mol. The lowest BCUT2D eigenvalue weighted by Gasteiger charge is -2.31. The molecule has 1 aliphatic heterocycles. The highest BCUT2D eigenvalue weighted by atomic mass is 32.1. The molecule has 2 aromatic heterocycles. The lowest BCUT2D eigenvalue weighted by atomic mass is 9.97. The molecule has 10 heteroatoms. The van der Waals surface area contributed by atoms with Crippen molar-refractivity contribution in [1.82, 2.24) is 25.4 Å². The predicted octanol–water partition coefficient (Wildman–Crippen LogP) is 3.11. The molecule has 0 bridgehead atoms. The first kappa shape index (κ1) is 21.3. The summed E-state index contributed by atoms with van der Waals surface area (Å²) in [7, 11) is 0. The largest absolute Gasteiger partial charge is 0.417 e. The fraction of sp³-hybridized carbons (Fsp3) is 0.391. The van der Waals surface area contributed by atoms with Crippen LogP contribution < -0.4 is 5.32 Å². The van der Waals surface area contributed by atoms with E-state index in [9.17, 15) is 9.59 Å². The zero-order valence-electron chi connectivity index (χ0n) is 17.9. The maximum atomic E-state index is 12.8. The molecule has 33 heavy (non-hydrogen) atoms. The number of nitrogens with one attached hydrogen (secondary N) is 1. The van der Waals surface area contributed by atoms with E-state index in [1.54, 1.807) is 17.0 Å². The number of benzene rings is 1. The highest BCUT2D eigenvalue weighted by Crippen LogP contribution is 2.39. The van der Waals surface area contributed by atoms with Gasteiger partial charge in [0.25, 0.3) is 0 Å². The van der Waals surface area contributed by atoms with E-state index in [4.69, 9.17) is 9.68 Å². The van der Waals surface area contributed by atoms with Crippen LogP contribution >= 0.6 is 11.3 Å². The smallest absolute Gasteiger partial charge is 0.311 e. The topological polar surface area (TPSA) is 125 Å². The third-order valence-electron chi connectivity index (χ3n) is 5.90. The van der Waals surface area contributed by atoms with Gasteiger partial charge in [0.2, 0.25) is 11.8 Å². The number of hydrogen-bond acceptors (Lipinski definition) is 8. The Bertz CT molecular complexity index is 1210. The van der Waals surface area contributed by atoms with E-state index in [1.807, 2.05) is 17.5 Å². The van der Waals surface area contributed by atoms with Crippen molar-refractivity contribution in [3.05, 3.63) is 52.0 Å². The molecule has 2 aliphatic rings. The normalized spacial score (nSPS) is 18.0. The SMILES string of the molecule is N#Cc1ccc(-c2csc(CNC(=O)[C@H]3CCCN(C(=O)c4nnc(C5CC5)o4)C3)n2)cc1. The van der Waals surface area contributed by atoms with Crippen LogP contribution in [-0.4, -0.2) is 45.0 Å². The number of nitrogens with zero attached hydrogens (tertiary/aromatic N) is 5. The van der Waals surface area contributed by atoms with Crippen molar-refractivity contribution < 1.29 is 14.0 Å². The number of nitriles is 1. The lowest BCUT2D eigenvalue weighted by Crippen LogP contribution is -2.45. The summed E-state index contributed by atoms with van der Waals surface area (Å²) in [5, 5.41) is 22.5. The van der Waals surface area contributed by atoms with E-state index < -0.39 is 0 Å². The van der Waals surface area contributed by atoms with Crippen LogP contribution in [0.1, 0.15) is 58.7 Å². The maximum absolute atomic E-state index is 12.8. The summed E-state index contributed by atoms with van der Waals surface area (Å²) in [4.78, 5) is 31.7. The summed E-state index contributed by atoms with van der Waals surface area (Å²) < 4.78 is 5.54. The molecule has 1 saturated carbocycles. The van der Waals surface area contributed by atoms with Crippen LogP contribution in [0.4, 0.5) is 0 Å². The molecular formula is C23H22N6O3S. The number of rotatable bonds is 6. The Balaban J connectivity index is 1.15. The highest BCUT2D eigenvalue weighted by molar-refractivity contribution is 7.09. The molecule has 0 unspecified atom stereocenters. The third-order valence-corrected chi connectivity index (χ3v) is 6.75. The van der Waals surface area contributed by atoms with Crippen LogP contribution in [0.5, 0.6) is 0 Å². The molecule has 0 spiro atoms. The molecule has 1 aliphatic carbocycles.